The van der Waals surface area contributed by atoms with Crippen molar-refractivity contribution in [1.29, 1.82) is 0 Å². The van der Waals surface area contributed by atoms with Crippen LogP contribution < -0.4 is 5.30 Å². The van der Waals surface area contributed by atoms with Gasteiger partial charge >= 0.3 is 0 Å². The maximum absolute atomic E-state index is 2.63. The van der Waals surface area contributed by atoms with Crippen LogP contribution in [-0.4, -0.2) is 0 Å². The third-order valence-electron chi connectivity index (χ3n) is 0.800. The average molecular weight is 337 g/mol. The van der Waals surface area contributed by atoms with Gasteiger partial charge in [-0.2, -0.15) is 13.8 Å². The second-order valence-electron chi connectivity index (χ2n) is 1.99. The molecule has 0 spiro atoms. The zero-order chi connectivity index (χ0) is 7.82. The van der Waals surface area contributed by atoms with Gasteiger partial charge in [-0.1, -0.05) is 30.3 Å². The molecule has 1 aromatic rings. The van der Waals surface area contributed by atoms with Crippen LogP contribution in [0.4, 0.5) is 0 Å². The number of hydrogen-bond donors (Lipinski definition) is 0. The van der Waals surface area contributed by atoms with E-state index < -0.39 is 0 Å². The van der Waals surface area contributed by atoms with Crippen molar-refractivity contribution in [2.75, 3.05) is 0 Å². The Morgan fingerprint density at radius 2 is 1.45 bits per heavy atom. The summed E-state index contributed by atoms with van der Waals surface area (Å²) in [5.41, 5.74) is 0. The molecule has 1 atom stereocenters. The molecule has 0 saturated carbocycles. The first-order valence-corrected chi connectivity index (χ1v) is 3.93. The molecule has 0 fully saturated rings. The van der Waals surface area contributed by atoms with Crippen LogP contribution in [0.3, 0.4) is 0 Å². The molecule has 0 radical (unpaired) electrons. The van der Waals surface area contributed by atoms with E-state index in [2.05, 4.69) is 9.24 Å². The Labute approximate surface area is 86.3 Å². The van der Waals surface area contributed by atoms with Crippen LogP contribution in [0.1, 0.15) is 13.8 Å². The fourth-order valence-corrected chi connectivity index (χ4v) is 0.675. The second kappa shape index (κ2) is 10.3. The zero-order valence-corrected chi connectivity index (χ0v) is 11.0. The Bertz CT molecular complexity index is 151. The van der Waals surface area contributed by atoms with Gasteiger partial charge in [0.05, 0.1) is 0 Å². The summed E-state index contributed by atoms with van der Waals surface area (Å²) in [4.78, 5) is 0. The monoisotopic (exact) mass is 337 g/mol. The van der Waals surface area contributed by atoms with E-state index in [1.54, 1.807) is 0 Å². The standard InChI is InChI=1S/C6H7P.C3H7.W/c7-6-4-2-1-3-5-6;1-3-2;/h1-5H,7H2;3H,1-2H3;/q;-1;. The fourth-order valence-electron chi connectivity index (χ4n) is 0.453. The minimum Gasteiger partial charge on any atom is -0.335 e. The van der Waals surface area contributed by atoms with E-state index in [1.165, 1.54) is 5.30 Å². The van der Waals surface area contributed by atoms with Gasteiger partial charge in [0.2, 0.25) is 0 Å². The minimum atomic E-state index is 0. The summed E-state index contributed by atoms with van der Waals surface area (Å²) in [7, 11) is 2.63. The molecule has 1 unspecified atom stereocenters. The van der Waals surface area contributed by atoms with Crippen molar-refractivity contribution in [3.63, 3.8) is 0 Å². The molecule has 0 aliphatic rings. The van der Waals surface area contributed by atoms with Crippen LogP contribution in [0.5, 0.6) is 0 Å². The van der Waals surface area contributed by atoms with Crippen LogP contribution in [0.15, 0.2) is 30.3 Å². The molecule has 0 N–H and O–H groups in total. The molecular weight excluding hydrogens is 323 g/mol. The summed E-state index contributed by atoms with van der Waals surface area (Å²) in [6.45, 7) is 4.00. The SMILES string of the molecule is C[CH-]C.Pc1ccccc1.[W]. The third kappa shape index (κ3) is 10.3. The molecule has 1 rings (SSSR count). The number of benzene rings is 1. The van der Waals surface area contributed by atoms with Crippen LogP contribution in [-0.2, 0) is 21.1 Å². The normalized spacial score (nSPS) is 7.18. The van der Waals surface area contributed by atoms with E-state index in [-0.39, 0.29) is 21.1 Å². The summed E-state index contributed by atoms with van der Waals surface area (Å²) >= 11 is 0. The smallest absolute Gasteiger partial charge is 0 e. The Hall–Kier alpha value is 0.338. The van der Waals surface area contributed by atoms with E-state index in [1.807, 2.05) is 50.6 Å². The third-order valence-corrected chi connectivity index (χ3v) is 1.18. The second-order valence-corrected chi connectivity index (χ2v) is 2.65. The molecule has 0 bridgehead atoms. The van der Waals surface area contributed by atoms with Gasteiger partial charge in [0.25, 0.3) is 0 Å². The Morgan fingerprint density at radius 1 is 1.09 bits per heavy atom. The molecule has 0 saturated heterocycles. The van der Waals surface area contributed by atoms with Crippen molar-refractivity contribution >= 4 is 14.5 Å². The van der Waals surface area contributed by atoms with Crippen molar-refractivity contribution in [2.45, 2.75) is 13.8 Å². The largest absolute Gasteiger partial charge is 0.335 e. The average Bonchev–Trinajstić information content (AvgIpc) is 1.91. The molecule has 62 valence electrons. The van der Waals surface area contributed by atoms with Gasteiger partial charge in [-0.25, -0.2) is 0 Å². The van der Waals surface area contributed by atoms with Crippen molar-refractivity contribution in [3.8, 4) is 0 Å². The van der Waals surface area contributed by atoms with Gasteiger partial charge in [0.1, 0.15) is 0 Å². The van der Waals surface area contributed by atoms with Gasteiger partial charge in [-0.3, -0.25) is 0 Å². The maximum Gasteiger partial charge on any atom is 0 e. The van der Waals surface area contributed by atoms with E-state index in [4.69, 9.17) is 0 Å². The van der Waals surface area contributed by atoms with Gasteiger partial charge in [0, 0.05) is 21.1 Å². The van der Waals surface area contributed by atoms with Crippen LogP contribution >= 0.6 is 9.24 Å². The molecule has 0 nitrogen and oxygen atoms in total. The fraction of sp³-hybridized carbons (Fsp3) is 0.222. The molecule has 2 heteroatoms. The van der Waals surface area contributed by atoms with Crippen molar-refractivity contribution in [3.05, 3.63) is 36.8 Å². The summed E-state index contributed by atoms with van der Waals surface area (Å²) in [5, 5.41) is 1.24. The maximum atomic E-state index is 2.63. The Morgan fingerprint density at radius 3 is 1.64 bits per heavy atom. The van der Waals surface area contributed by atoms with E-state index >= 15 is 0 Å². The molecule has 0 aromatic heterocycles. The summed E-state index contributed by atoms with van der Waals surface area (Å²) in [6.07, 6.45) is 2.00. The van der Waals surface area contributed by atoms with Crippen molar-refractivity contribution in [1.82, 2.24) is 0 Å². The first kappa shape index (κ1) is 13.9. The Kier molecular flexibility index (Phi) is 13.1. The molecule has 0 heterocycles. The summed E-state index contributed by atoms with van der Waals surface area (Å²) < 4.78 is 0. The van der Waals surface area contributed by atoms with E-state index in [0.717, 1.165) is 0 Å². The molecular formula is C9H14PW-. The summed E-state index contributed by atoms with van der Waals surface area (Å²) in [5.74, 6) is 0. The predicted molar refractivity (Wildman–Crippen MR) is 51.4 cm³/mol. The van der Waals surface area contributed by atoms with E-state index in [0.29, 0.717) is 0 Å². The van der Waals surface area contributed by atoms with Gasteiger partial charge in [-0.15, -0.1) is 9.24 Å². The van der Waals surface area contributed by atoms with Gasteiger partial charge in [-0.05, 0) is 5.30 Å². The quantitative estimate of drug-likeness (QED) is 0.504. The predicted octanol–water partition coefficient (Wildman–Crippen LogP) is 2.41. The van der Waals surface area contributed by atoms with Gasteiger partial charge < -0.3 is 6.42 Å². The number of rotatable bonds is 0. The Balaban J connectivity index is 0. The van der Waals surface area contributed by atoms with Crippen molar-refractivity contribution in [2.24, 2.45) is 0 Å². The topological polar surface area (TPSA) is 0 Å². The first-order chi connectivity index (χ1) is 4.81. The van der Waals surface area contributed by atoms with Gasteiger partial charge in [0.15, 0.2) is 0 Å². The molecule has 1 aromatic carbocycles. The number of hydrogen-bond acceptors (Lipinski definition) is 0. The zero-order valence-electron chi connectivity index (χ0n) is 6.95. The minimum absolute atomic E-state index is 0. The molecule has 0 amide bonds. The summed E-state index contributed by atoms with van der Waals surface area (Å²) in [6, 6.07) is 10.1. The molecule has 0 aliphatic heterocycles. The van der Waals surface area contributed by atoms with Crippen LogP contribution in [0.25, 0.3) is 0 Å². The van der Waals surface area contributed by atoms with Crippen LogP contribution in [0.2, 0.25) is 0 Å². The molecule has 0 aliphatic carbocycles. The molecule has 11 heavy (non-hydrogen) atoms. The van der Waals surface area contributed by atoms with Crippen LogP contribution in [0, 0.1) is 6.42 Å². The van der Waals surface area contributed by atoms with E-state index in [9.17, 15) is 0 Å². The van der Waals surface area contributed by atoms with Crippen molar-refractivity contribution < 1.29 is 21.1 Å². The first-order valence-electron chi connectivity index (χ1n) is 3.35.